The first-order chi connectivity index (χ1) is 34.2. The molecule has 0 N–H and O–H groups in total. The highest BCUT2D eigenvalue weighted by atomic mass is 35.5. The molecule has 0 bridgehead atoms. The minimum atomic E-state index is 0.118. The number of allylic oxidation sites excluding steroid dienone is 1. The molecule has 12 nitrogen and oxygen atoms in total. The fourth-order valence-electron chi connectivity index (χ4n) is 13.1. The highest BCUT2D eigenvalue weighted by Gasteiger charge is 2.42. The Hall–Kier alpha value is -5.90. The lowest BCUT2D eigenvalue weighted by molar-refractivity contribution is -0.129. The molecule has 12 rings (SSSR count). The number of amides is 1. The molecule has 362 valence electrons. The van der Waals surface area contributed by atoms with E-state index in [1.54, 1.807) is 6.92 Å². The first kappa shape index (κ1) is 45.3. The van der Waals surface area contributed by atoms with E-state index in [4.69, 9.17) is 31.4 Å². The highest BCUT2D eigenvalue weighted by Crippen LogP contribution is 2.46. The lowest BCUT2D eigenvalue weighted by Crippen LogP contribution is -2.47. The quantitative estimate of drug-likeness (QED) is 0.156. The number of anilines is 4. The first-order valence-electron chi connectivity index (χ1n) is 26.1. The van der Waals surface area contributed by atoms with E-state index in [2.05, 4.69) is 85.0 Å². The van der Waals surface area contributed by atoms with Crippen molar-refractivity contribution in [3.63, 3.8) is 0 Å². The summed E-state index contributed by atoms with van der Waals surface area (Å²) in [4.78, 5) is 34.7. The van der Waals surface area contributed by atoms with Gasteiger partial charge in [-0.3, -0.25) is 14.5 Å². The Bertz CT molecular complexity index is 2820. The largest absolute Gasteiger partial charge is 0.381 e. The molecule has 9 heterocycles. The monoisotopic (exact) mass is 956 g/mol. The molecule has 5 fully saturated rings. The van der Waals surface area contributed by atoms with Crippen LogP contribution in [0.15, 0.2) is 79.1 Å². The zero-order valence-electron chi connectivity index (χ0n) is 40.7. The molecule has 2 aromatic carbocycles. The average molecular weight is 958 g/mol. The first-order valence-corrected chi connectivity index (χ1v) is 26.5. The van der Waals surface area contributed by atoms with Gasteiger partial charge in [0.1, 0.15) is 11.9 Å². The SMILES string of the molecule is CC(=O)N1CCc2c(c(C3=CCCc4cc(-c5ccc(N6CCC7(CCN(c8ccc(N9CCC%10(CC9)CCN(c9ccc(C#N)c(Cl)c9)C%10)cc8)CC7)CC6)nc5)ncc43)nn2C2CCOCC2)C1. The molecule has 1 aliphatic carbocycles. The van der Waals surface area contributed by atoms with Gasteiger partial charge < -0.3 is 29.2 Å². The van der Waals surface area contributed by atoms with Crippen LogP contribution in [0.3, 0.4) is 0 Å². The van der Waals surface area contributed by atoms with Crippen LogP contribution in [0.4, 0.5) is 22.9 Å². The second-order valence-corrected chi connectivity index (χ2v) is 21.9. The van der Waals surface area contributed by atoms with Crippen LogP contribution in [-0.4, -0.2) is 103 Å². The summed E-state index contributed by atoms with van der Waals surface area (Å²) in [5.74, 6) is 1.18. The normalized spacial score (nSPS) is 21.2. The minimum absolute atomic E-state index is 0.118. The molecular formula is C57H65ClN10O2. The summed E-state index contributed by atoms with van der Waals surface area (Å²) in [6.45, 7) is 13.2. The number of carbonyl (C=O) groups excluding carboxylic acids is 1. The fraction of sp³-hybridized carbons (Fsp3) is 0.491. The Morgan fingerprint density at radius 3 is 2.04 bits per heavy atom. The standard InChI is InChI=1S/C57H65ClN10O2/c1-40(69)66-23-13-53-50(38-66)55(62-68(53)46-14-31-70-32-15-46)48-4-2-3-41-33-52(60-37-49(41)48)43-6-12-54(61-36-43)65-28-18-56(19-29-65)16-24-63(25-17-56)44-8-10-45(11-9-44)64-26-20-57(21-27-64)22-30-67(39-57)47-7-5-42(35-59)51(58)34-47/h4-12,33-34,36-37,46H,2-3,13-32,38-39H2,1H3. The van der Waals surface area contributed by atoms with Crippen molar-refractivity contribution in [1.29, 1.82) is 5.26 Å². The van der Waals surface area contributed by atoms with Gasteiger partial charge in [0.2, 0.25) is 5.91 Å². The predicted molar refractivity (Wildman–Crippen MR) is 278 cm³/mol. The summed E-state index contributed by atoms with van der Waals surface area (Å²) in [5, 5.41) is 15.2. The fourth-order valence-corrected chi connectivity index (χ4v) is 13.3. The minimum Gasteiger partial charge on any atom is -0.381 e. The van der Waals surface area contributed by atoms with E-state index < -0.39 is 0 Å². The summed E-state index contributed by atoms with van der Waals surface area (Å²) in [6, 6.07) is 24.5. The molecular weight excluding hydrogens is 892 g/mol. The Balaban J connectivity index is 0.637. The number of ether oxygens (including phenoxy) is 1. The molecule has 7 aliphatic rings. The summed E-state index contributed by atoms with van der Waals surface area (Å²) >= 11 is 6.39. The molecule has 2 spiro atoms. The molecule has 1 amide bonds. The number of fused-ring (bicyclic) bond motifs is 2. The van der Waals surface area contributed by atoms with E-state index in [9.17, 15) is 10.1 Å². The van der Waals surface area contributed by atoms with Crippen LogP contribution < -0.4 is 19.6 Å². The molecule has 5 aromatic rings. The summed E-state index contributed by atoms with van der Waals surface area (Å²) in [5.41, 5.74) is 14.2. The van der Waals surface area contributed by atoms with Crippen LogP contribution in [-0.2, 0) is 28.9 Å². The van der Waals surface area contributed by atoms with Crippen molar-refractivity contribution in [3.05, 3.63) is 118 Å². The van der Waals surface area contributed by atoms with Crippen molar-refractivity contribution >= 4 is 46.0 Å². The Kier molecular flexibility index (Phi) is 12.1. The van der Waals surface area contributed by atoms with E-state index >= 15 is 0 Å². The van der Waals surface area contributed by atoms with E-state index in [0.29, 0.717) is 34.0 Å². The van der Waals surface area contributed by atoms with E-state index in [1.807, 2.05) is 29.4 Å². The number of nitrogens with zero attached hydrogens (tertiary/aromatic N) is 10. The van der Waals surface area contributed by atoms with Gasteiger partial charge in [-0.15, -0.1) is 0 Å². The van der Waals surface area contributed by atoms with Gasteiger partial charge in [-0.05, 0) is 148 Å². The molecule has 0 atom stereocenters. The van der Waals surface area contributed by atoms with Crippen molar-refractivity contribution in [2.24, 2.45) is 10.8 Å². The van der Waals surface area contributed by atoms with Crippen LogP contribution in [0.5, 0.6) is 0 Å². The van der Waals surface area contributed by atoms with Crippen molar-refractivity contribution in [1.82, 2.24) is 24.6 Å². The number of benzene rings is 2. The Morgan fingerprint density at radius 1 is 0.743 bits per heavy atom. The Labute approximate surface area is 417 Å². The van der Waals surface area contributed by atoms with Crippen LogP contribution >= 0.6 is 11.6 Å². The number of aryl methyl sites for hydroxylation is 1. The third-order valence-corrected chi connectivity index (χ3v) is 18.0. The van der Waals surface area contributed by atoms with Crippen LogP contribution in [0.1, 0.15) is 111 Å². The van der Waals surface area contributed by atoms with Crippen LogP contribution in [0.25, 0.3) is 16.8 Å². The van der Waals surface area contributed by atoms with Gasteiger partial charge >= 0.3 is 0 Å². The average Bonchev–Trinajstić information content (AvgIpc) is 4.01. The van der Waals surface area contributed by atoms with Crippen molar-refractivity contribution in [3.8, 4) is 17.3 Å². The van der Waals surface area contributed by atoms with Gasteiger partial charge in [-0.2, -0.15) is 10.4 Å². The zero-order chi connectivity index (χ0) is 47.4. The second-order valence-electron chi connectivity index (χ2n) is 21.5. The second kappa shape index (κ2) is 18.7. The summed E-state index contributed by atoms with van der Waals surface area (Å²) < 4.78 is 8.00. The number of rotatable bonds is 7. The van der Waals surface area contributed by atoms with Crippen LogP contribution in [0.2, 0.25) is 5.02 Å². The van der Waals surface area contributed by atoms with Crippen molar-refractivity contribution < 1.29 is 9.53 Å². The van der Waals surface area contributed by atoms with E-state index in [0.717, 1.165) is 144 Å². The molecule has 70 heavy (non-hydrogen) atoms. The van der Waals surface area contributed by atoms with Gasteiger partial charge in [-0.1, -0.05) is 17.7 Å². The number of aromatic nitrogens is 4. The maximum Gasteiger partial charge on any atom is 0.219 e. The zero-order valence-corrected chi connectivity index (χ0v) is 41.5. The molecule has 5 saturated heterocycles. The van der Waals surface area contributed by atoms with Crippen LogP contribution in [0, 0.1) is 22.2 Å². The van der Waals surface area contributed by atoms with E-state index in [-0.39, 0.29) is 5.91 Å². The number of carbonyl (C=O) groups is 1. The summed E-state index contributed by atoms with van der Waals surface area (Å²) in [7, 11) is 0. The predicted octanol–water partition coefficient (Wildman–Crippen LogP) is 9.88. The van der Waals surface area contributed by atoms with Gasteiger partial charge in [0.15, 0.2) is 0 Å². The lowest BCUT2D eigenvalue weighted by atomic mass is 9.71. The number of pyridine rings is 2. The smallest absolute Gasteiger partial charge is 0.219 e. The maximum atomic E-state index is 12.5. The molecule has 0 unspecified atom stereocenters. The maximum absolute atomic E-state index is 12.5. The molecule has 13 heteroatoms. The topological polar surface area (TPSA) is 110 Å². The molecule has 6 aliphatic heterocycles. The number of nitriles is 1. The Morgan fingerprint density at radius 2 is 1.40 bits per heavy atom. The highest BCUT2D eigenvalue weighted by molar-refractivity contribution is 6.32. The van der Waals surface area contributed by atoms with Gasteiger partial charge in [-0.25, -0.2) is 4.98 Å². The van der Waals surface area contributed by atoms with Crippen molar-refractivity contribution in [2.75, 3.05) is 91.7 Å². The lowest BCUT2D eigenvalue weighted by Gasteiger charge is -2.47. The molecule has 0 radical (unpaired) electrons. The number of hydrogen-bond donors (Lipinski definition) is 0. The third kappa shape index (κ3) is 8.61. The van der Waals surface area contributed by atoms with Crippen molar-refractivity contribution in [2.45, 2.75) is 96.6 Å². The summed E-state index contributed by atoms with van der Waals surface area (Å²) in [6.07, 6.45) is 19.6. The van der Waals surface area contributed by atoms with Gasteiger partial charge in [0, 0.05) is 149 Å². The third-order valence-electron chi connectivity index (χ3n) is 17.7. The number of halogens is 1. The molecule has 0 saturated carbocycles. The molecule has 3 aromatic heterocycles. The van der Waals surface area contributed by atoms with Gasteiger partial charge in [0.25, 0.3) is 0 Å². The van der Waals surface area contributed by atoms with E-state index in [1.165, 1.54) is 73.1 Å². The number of piperidine rings is 3. The van der Waals surface area contributed by atoms with Gasteiger partial charge in [0.05, 0.1) is 28.0 Å². The number of hydrogen-bond acceptors (Lipinski definition) is 10.